The Morgan fingerprint density at radius 1 is 0.684 bits per heavy atom. The number of methoxy groups -OCH3 is 5. The number of benzene rings is 1. The van der Waals surface area contributed by atoms with Gasteiger partial charge in [-0.05, 0) is 0 Å². The summed E-state index contributed by atoms with van der Waals surface area (Å²) in [6.07, 6.45) is 0. The van der Waals surface area contributed by atoms with Gasteiger partial charge in [0.1, 0.15) is 5.56 Å². The third kappa shape index (κ3) is 2.31. The molecule has 2 N–H and O–H groups in total. The van der Waals surface area contributed by atoms with E-state index in [0.29, 0.717) is 0 Å². The third-order valence-corrected chi connectivity index (χ3v) is 2.55. The molecule has 0 radical (unpaired) electrons. The molecule has 106 valence electrons. The van der Waals surface area contributed by atoms with Gasteiger partial charge in [-0.3, -0.25) is 4.79 Å². The van der Waals surface area contributed by atoms with Gasteiger partial charge >= 0.3 is 0 Å². The molecule has 0 heterocycles. The number of nitrogens with two attached hydrogens (primary N) is 1. The first-order chi connectivity index (χ1) is 9.06. The first-order valence-corrected chi connectivity index (χ1v) is 5.30. The molecule has 0 aliphatic rings. The number of ether oxygens (including phenoxy) is 5. The Kier molecular flexibility index (Phi) is 4.68. The molecule has 1 rings (SSSR count). The predicted octanol–water partition coefficient (Wildman–Crippen LogP) is 0.828. The van der Waals surface area contributed by atoms with Crippen LogP contribution in [-0.4, -0.2) is 41.5 Å². The fourth-order valence-corrected chi connectivity index (χ4v) is 1.81. The van der Waals surface area contributed by atoms with Crippen LogP contribution in [0.1, 0.15) is 10.4 Å². The van der Waals surface area contributed by atoms with Crippen molar-refractivity contribution in [2.45, 2.75) is 0 Å². The number of hydrogen-bond donors (Lipinski definition) is 1. The molecule has 7 heteroatoms. The summed E-state index contributed by atoms with van der Waals surface area (Å²) in [4.78, 5) is 11.6. The zero-order chi connectivity index (χ0) is 14.6. The Morgan fingerprint density at radius 2 is 0.947 bits per heavy atom. The molecule has 0 saturated heterocycles. The Labute approximate surface area is 111 Å². The van der Waals surface area contributed by atoms with Gasteiger partial charge in [-0.25, -0.2) is 0 Å². The topological polar surface area (TPSA) is 89.2 Å². The van der Waals surface area contributed by atoms with Crippen molar-refractivity contribution in [3.63, 3.8) is 0 Å². The molecule has 0 saturated carbocycles. The van der Waals surface area contributed by atoms with Gasteiger partial charge in [-0.2, -0.15) is 0 Å². The second kappa shape index (κ2) is 6.03. The van der Waals surface area contributed by atoms with E-state index in [2.05, 4.69) is 0 Å². The van der Waals surface area contributed by atoms with Crippen molar-refractivity contribution < 1.29 is 28.5 Å². The molecule has 19 heavy (non-hydrogen) atoms. The van der Waals surface area contributed by atoms with Gasteiger partial charge in [0.05, 0.1) is 35.5 Å². The normalized spacial score (nSPS) is 9.74. The largest absolute Gasteiger partial charge is 0.492 e. The fourth-order valence-electron chi connectivity index (χ4n) is 1.81. The minimum Gasteiger partial charge on any atom is -0.492 e. The number of amides is 1. The summed E-state index contributed by atoms with van der Waals surface area (Å²) in [6.45, 7) is 0. The number of hydrogen-bond acceptors (Lipinski definition) is 6. The lowest BCUT2D eigenvalue weighted by Gasteiger charge is -2.20. The van der Waals surface area contributed by atoms with E-state index in [1.165, 1.54) is 35.5 Å². The van der Waals surface area contributed by atoms with Gasteiger partial charge < -0.3 is 29.4 Å². The number of carbonyl (C=O) groups is 1. The second-order valence-corrected chi connectivity index (χ2v) is 3.41. The summed E-state index contributed by atoms with van der Waals surface area (Å²) in [5.41, 5.74) is 5.38. The summed E-state index contributed by atoms with van der Waals surface area (Å²) in [7, 11) is 7.03. The highest BCUT2D eigenvalue weighted by atomic mass is 16.6. The minimum absolute atomic E-state index is 0.0273. The zero-order valence-electron chi connectivity index (χ0n) is 11.5. The first-order valence-electron chi connectivity index (χ1n) is 5.30. The van der Waals surface area contributed by atoms with Crippen LogP contribution in [0.15, 0.2) is 0 Å². The fraction of sp³-hybridized carbons (Fsp3) is 0.417. The summed E-state index contributed by atoms with van der Waals surface area (Å²) < 4.78 is 26.0. The zero-order valence-corrected chi connectivity index (χ0v) is 11.5. The molecule has 1 amide bonds. The molecular weight excluding hydrogens is 254 g/mol. The lowest BCUT2D eigenvalue weighted by molar-refractivity contribution is 0.0992. The van der Waals surface area contributed by atoms with Crippen LogP contribution < -0.4 is 29.4 Å². The number of primary amides is 1. The van der Waals surface area contributed by atoms with Crippen LogP contribution in [0.3, 0.4) is 0 Å². The van der Waals surface area contributed by atoms with Crippen LogP contribution in [0.5, 0.6) is 28.7 Å². The van der Waals surface area contributed by atoms with Crippen LogP contribution in [0.4, 0.5) is 0 Å². The van der Waals surface area contributed by atoms with E-state index in [1.54, 1.807) is 0 Å². The van der Waals surface area contributed by atoms with Crippen molar-refractivity contribution in [1.82, 2.24) is 0 Å². The summed E-state index contributed by atoms with van der Waals surface area (Å²) in [5.74, 6) is 0.193. The summed E-state index contributed by atoms with van der Waals surface area (Å²) in [5, 5.41) is 0. The van der Waals surface area contributed by atoms with Gasteiger partial charge in [0.2, 0.25) is 17.2 Å². The van der Waals surface area contributed by atoms with E-state index >= 15 is 0 Å². The molecule has 0 spiro atoms. The highest BCUT2D eigenvalue weighted by Gasteiger charge is 2.30. The van der Waals surface area contributed by atoms with Crippen molar-refractivity contribution in [3.8, 4) is 28.7 Å². The molecule has 0 bridgehead atoms. The molecule has 0 fully saturated rings. The first kappa shape index (κ1) is 14.7. The van der Waals surface area contributed by atoms with Crippen LogP contribution in [0, 0.1) is 0 Å². The molecule has 0 aliphatic heterocycles. The summed E-state index contributed by atoms with van der Waals surface area (Å²) in [6, 6.07) is 0. The molecule has 1 aromatic rings. The molecule has 7 nitrogen and oxygen atoms in total. The van der Waals surface area contributed by atoms with Crippen LogP contribution in [-0.2, 0) is 0 Å². The molecule has 0 atom stereocenters. The molecule has 0 unspecified atom stereocenters. The monoisotopic (exact) mass is 271 g/mol. The lowest BCUT2D eigenvalue weighted by atomic mass is 10.1. The van der Waals surface area contributed by atoms with Crippen molar-refractivity contribution in [1.29, 1.82) is 0 Å². The van der Waals surface area contributed by atoms with Gasteiger partial charge in [0.25, 0.3) is 5.91 Å². The molecular formula is C12H17NO6. The maximum Gasteiger partial charge on any atom is 0.256 e. The average Bonchev–Trinajstić information content (AvgIpc) is 2.43. The quantitative estimate of drug-likeness (QED) is 0.824. The maximum atomic E-state index is 11.6. The van der Waals surface area contributed by atoms with E-state index < -0.39 is 5.91 Å². The van der Waals surface area contributed by atoms with Crippen molar-refractivity contribution in [2.75, 3.05) is 35.5 Å². The lowest BCUT2D eigenvalue weighted by Crippen LogP contribution is -2.16. The van der Waals surface area contributed by atoms with E-state index in [0.717, 1.165) is 0 Å². The maximum absolute atomic E-state index is 11.6. The number of carbonyl (C=O) groups excluding carboxylic acids is 1. The third-order valence-electron chi connectivity index (χ3n) is 2.55. The highest BCUT2D eigenvalue weighted by Crippen LogP contribution is 2.53. The molecule has 1 aromatic carbocycles. The second-order valence-electron chi connectivity index (χ2n) is 3.41. The molecule has 0 aromatic heterocycles. The SMILES string of the molecule is COc1c(OC)c(OC)c(C(N)=O)c(OC)c1OC. The predicted molar refractivity (Wildman–Crippen MR) is 67.7 cm³/mol. The Balaban J connectivity index is 3.85. The van der Waals surface area contributed by atoms with Crippen LogP contribution in [0.25, 0.3) is 0 Å². The average molecular weight is 271 g/mol. The van der Waals surface area contributed by atoms with Gasteiger partial charge in [0, 0.05) is 0 Å². The van der Waals surface area contributed by atoms with Crippen molar-refractivity contribution >= 4 is 5.91 Å². The minimum atomic E-state index is -0.729. The van der Waals surface area contributed by atoms with Gasteiger partial charge in [-0.1, -0.05) is 0 Å². The smallest absolute Gasteiger partial charge is 0.256 e. The standard InChI is InChI=1S/C12H17NO6/c1-15-7-6(12(13)14)8(16-2)10(18-4)11(19-5)9(7)17-3/h1-5H3,(H2,13,14). The van der Waals surface area contributed by atoms with E-state index in [-0.39, 0.29) is 34.3 Å². The van der Waals surface area contributed by atoms with Gasteiger partial charge in [0.15, 0.2) is 11.5 Å². The molecule has 0 aliphatic carbocycles. The van der Waals surface area contributed by atoms with E-state index in [4.69, 9.17) is 29.4 Å². The van der Waals surface area contributed by atoms with Crippen molar-refractivity contribution in [2.24, 2.45) is 5.73 Å². The van der Waals surface area contributed by atoms with Crippen LogP contribution >= 0.6 is 0 Å². The Hall–Kier alpha value is -2.31. The van der Waals surface area contributed by atoms with E-state index in [1.807, 2.05) is 0 Å². The van der Waals surface area contributed by atoms with Crippen molar-refractivity contribution in [3.05, 3.63) is 5.56 Å². The Bertz CT molecular complexity index is 453. The van der Waals surface area contributed by atoms with E-state index in [9.17, 15) is 4.79 Å². The summed E-state index contributed by atoms with van der Waals surface area (Å²) >= 11 is 0. The van der Waals surface area contributed by atoms with Crippen LogP contribution in [0.2, 0.25) is 0 Å². The highest BCUT2D eigenvalue weighted by molar-refractivity contribution is 6.01. The van der Waals surface area contributed by atoms with Gasteiger partial charge in [-0.15, -0.1) is 0 Å². The Morgan fingerprint density at radius 3 is 1.16 bits per heavy atom. The number of rotatable bonds is 6.